The average Bonchev–Trinajstić information content (AvgIpc) is 2.26. The van der Waals surface area contributed by atoms with Crippen molar-refractivity contribution in [2.75, 3.05) is 26.3 Å². The van der Waals surface area contributed by atoms with Crippen LogP contribution in [0.4, 0.5) is 0 Å². The summed E-state index contributed by atoms with van der Waals surface area (Å²) in [6, 6.07) is 0. The Hall–Kier alpha value is -0.610. The lowest BCUT2D eigenvalue weighted by Gasteiger charge is -2.32. The fourth-order valence-electron chi connectivity index (χ4n) is 1.88. The molecular formula is C13H25NO3. The summed E-state index contributed by atoms with van der Waals surface area (Å²) in [6.07, 6.45) is 2.21. The van der Waals surface area contributed by atoms with Crippen LogP contribution in [-0.4, -0.2) is 48.8 Å². The minimum absolute atomic E-state index is 0.0925. The molecule has 0 aromatic carbocycles. The van der Waals surface area contributed by atoms with E-state index in [9.17, 15) is 4.79 Å². The molecule has 0 atom stereocenters. The van der Waals surface area contributed by atoms with Crippen molar-refractivity contribution in [2.45, 2.75) is 52.2 Å². The Bertz CT molecular complexity index is 240. The predicted molar refractivity (Wildman–Crippen MR) is 66.9 cm³/mol. The van der Waals surface area contributed by atoms with Crippen molar-refractivity contribution in [1.29, 1.82) is 0 Å². The third-order valence-electron chi connectivity index (χ3n) is 2.83. The van der Waals surface area contributed by atoms with Crippen LogP contribution in [0.15, 0.2) is 0 Å². The number of hydrogen-bond acceptors (Lipinski definition) is 3. The van der Waals surface area contributed by atoms with Gasteiger partial charge in [-0.3, -0.25) is 4.79 Å². The standard InChI is InChI=1S/C13H25NO3/c1-5-16-11-6-8-14(9-7-11)12(15)10-17-13(2,3)4/h11H,5-10H2,1-4H3. The number of rotatable bonds is 4. The highest BCUT2D eigenvalue weighted by molar-refractivity contribution is 5.77. The zero-order valence-corrected chi connectivity index (χ0v) is 11.5. The van der Waals surface area contributed by atoms with Crippen LogP contribution >= 0.6 is 0 Å². The second-order valence-corrected chi connectivity index (χ2v) is 5.44. The Morgan fingerprint density at radius 1 is 1.29 bits per heavy atom. The zero-order chi connectivity index (χ0) is 12.9. The van der Waals surface area contributed by atoms with Crippen LogP contribution in [-0.2, 0) is 14.3 Å². The molecule has 4 nitrogen and oxygen atoms in total. The Kier molecular flexibility index (Phi) is 5.40. The first kappa shape index (κ1) is 14.5. The van der Waals surface area contributed by atoms with E-state index < -0.39 is 0 Å². The molecular weight excluding hydrogens is 218 g/mol. The summed E-state index contributed by atoms with van der Waals surface area (Å²) in [5.41, 5.74) is -0.251. The number of nitrogens with zero attached hydrogens (tertiary/aromatic N) is 1. The maximum absolute atomic E-state index is 11.9. The monoisotopic (exact) mass is 243 g/mol. The van der Waals surface area contributed by atoms with E-state index in [-0.39, 0.29) is 18.1 Å². The van der Waals surface area contributed by atoms with Gasteiger partial charge in [0.2, 0.25) is 5.91 Å². The first-order valence-corrected chi connectivity index (χ1v) is 6.45. The maximum Gasteiger partial charge on any atom is 0.248 e. The van der Waals surface area contributed by atoms with Crippen LogP contribution in [0.5, 0.6) is 0 Å². The molecule has 0 bridgehead atoms. The highest BCUT2D eigenvalue weighted by atomic mass is 16.5. The molecule has 0 unspecified atom stereocenters. The van der Waals surface area contributed by atoms with Gasteiger partial charge in [-0.2, -0.15) is 0 Å². The van der Waals surface area contributed by atoms with Crippen LogP contribution in [0, 0.1) is 0 Å². The summed E-state index contributed by atoms with van der Waals surface area (Å²) < 4.78 is 11.1. The molecule has 1 rings (SSSR count). The second-order valence-electron chi connectivity index (χ2n) is 5.44. The molecule has 17 heavy (non-hydrogen) atoms. The van der Waals surface area contributed by atoms with Gasteiger partial charge in [0.05, 0.1) is 11.7 Å². The lowest BCUT2D eigenvalue weighted by molar-refractivity contribution is -0.143. The van der Waals surface area contributed by atoms with E-state index in [2.05, 4.69) is 0 Å². The van der Waals surface area contributed by atoms with Gasteiger partial charge >= 0.3 is 0 Å². The molecule has 0 aromatic heterocycles. The molecule has 1 amide bonds. The molecule has 1 heterocycles. The van der Waals surface area contributed by atoms with E-state index in [1.807, 2.05) is 32.6 Å². The van der Waals surface area contributed by atoms with Crippen molar-refractivity contribution < 1.29 is 14.3 Å². The van der Waals surface area contributed by atoms with Gasteiger partial charge in [-0.1, -0.05) is 0 Å². The van der Waals surface area contributed by atoms with Gasteiger partial charge in [0.15, 0.2) is 0 Å². The van der Waals surface area contributed by atoms with Gasteiger partial charge in [-0.05, 0) is 40.5 Å². The van der Waals surface area contributed by atoms with E-state index in [4.69, 9.17) is 9.47 Å². The van der Waals surface area contributed by atoms with Crippen molar-refractivity contribution in [3.05, 3.63) is 0 Å². The molecule has 1 fully saturated rings. The summed E-state index contributed by atoms with van der Waals surface area (Å²) in [4.78, 5) is 13.7. The summed E-state index contributed by atoms with van der Waals surface area (Å²) in [5.74, 6) is 0.0925. The quantitative estimate of drug-likeness (QED) is 0.756. The summed E-state index contributed by atoms with van der Waals surface area (Å²) in [6.45, 7) is 10.4. The number of amides is 1. The lowest BCUT2D eigenvalue weighted by atomic mass is 10.1. The van der Waals surface area contributed by atoms with E-state index in [0.29, 0.717) is 6.10 Å². The summed E-state index contributed by atoms with van der Waals surface area (Å²) >= 11 is 0. The number of hydrogen-bond donors (Lipinski definition) is 0. The highest BCUT2D eigenvalue weighted by Crippen LogP contribution is 2.14. The van der Waals surface area contributed by atoms with Crippen molar-refractivity contribution in [3.8, 4) is 0 Å². The number of carbonyl (C=O) groups excluding carboxylic acids is 1. The van der Waals surface area contributed by atoms with Gasteiger partial charge < -0.3 is 14.4 Å². The Balaban J connectivity index is 2.26. The fourth-order valence-corrected chi connectivity index (χ4v) is 1.88. The van der Waals surface area contributed by atoms with Gasteiger partial charge in [-0.15, -0.1) is 0 Å². The zero-order valence-electron chi connectivity index (χ0n) is 11.5. The minimum atomic E-state index is -0.251. The number of piperidine rings is 1. The SMILES string of the molecule is CCOC1CCN(C(=O)COC(C)(C)C)CC1. The Labute approximate surface area is 104 Å². The lowest BCUT2D eigenvalue weighted by Crippen LogP contribution is -2.43. The number of carbonyl (C=O) groups is 1. The summed E-state index contributed by atoms with van der Waals surface area (Å²) in [5, 5.41) is 0. The van der Waals surface area contributed by atoms with Crippen molar-refractivity contribution >= 4 is 5.91 Å². The predicted octanol–water partition coefficient (Wildman–Crippen LogP) is 1.83. The Morgan fingerprint density at radius 3 is 2.35 bits per heavy atom. The van der Waals surface area contributed by atoms with E-state index in [1.165, 1.54) is 0 Å². The van der Waals surface area contributed by atoms with Crippen LogP contribution < -0.4 is 0 Å². The van der Waals surface area contributed by atoms with E-state index in [1.54, 1.807) is 0 Å². The van der Waals surface area contributed by atoms with Gasteiger partial charge in [0, 0.05) is 19.7 Å². The smallest absolute Gasteiger partial charge is 0.248 e. The molecule has 0 N–H and O–H groups in total. The molecule has 1 aliphatic heterocycles. The maximum atomic E-state index is 11.9. The third-order valence-corrected chi connectivity index (χ3v) is 2.83. The van der Waals surface area contributed by atoms with Crippen LogP contribution in [0.3, 0.4) is 0 Å². The van der Waals surface area contributed by atoms with Crippen LogP contribution in [0.25, 0.3) is 0 Å². The van der Waals surface area contributed by atoms with Crippen molar-refractivity contribution in [3.63, 3.8) is 0 Å². The molecule has 0 aliphatic carbocycles. The average molecular weight is 243 g/mol. The van der Waals surface area contributed by atoms with Gasteiger partial charge in [0.1, 0.15) is 6.61 Å². The minimum Gasteiger partial charge on any atom is -0.378 e. The summed E-state index contributed by atoms with van der Waals surface area (Å²) in [7, 11) is 0. The molecule has 4 heteroatoms. The molecule has 1 aliphatic rings. The van der Waals surface area contributed by atoms with Crippen molar-refractivity contribution in [2.24, 2.45) is 0 Å². The first-order chi connectivity index (χ1) is 7.92. The van der Waals surface area contributed by atoms with Gasteiger partial charge in [-0.25, -0.2) is 0 Å². The molecule has 0 radical (unpaired) electrons. The van der Waals surface area contributed by atoms with Crippen LogP contribution in [0.1, 0.15) is 40.5 Å². The van der Waals surface area contributed by atoms with E-state index in [0.717, 1.165) is 32.5 Å². The molecule has 1 saturated heterocycles. The first-order valence-electron chi connectivity index (χ1n) is 6.45. The largest absolute Gasteiger partial charge is 0.378 e. The normalized spacial score (nSPS) is 18.5. The van der Waals surface area contributed by atoms with E-state index >= 15 is 0 Å². The molecule has 0 saturated carbocycles. The second kappa shape index (κ2) is 6.36. The molecule has 0 spiro atoms. The van der Waals surface area contributed by atoms with Gasteiger partial charge in [0.25, 0.3) is 0 Å². The molecule has 0 aromatic rings. The van der Waals surface area contributed by atoms with Crippen molar-refractivity contribution in [1.82, 2.24) is 4.90 Å². The fraction of sp³-hybridized carbons (Fsp3) is 0.923. The number of ether oxygens (including phenoxy) is 2. The van der Waals surface area contributed by atoms with Crippen LogP contribution in [0.2, 0.25) is 0 Å². The Morgan fingerprint density at radius 2 is 1.88 bits per heavy atom. The third kappa shape index (κ3) is 5.50. The highest BCUT2D eigenvalue weighted by Gasteiger charge is 2.24. The topological polar surface area (TPSA) is 38.8 Å². The molecule has 100 valence electrons. The number of likely N-dealkylation sites (tertiary alicyclic amines) is 1.